The van der Waals surface area contributed by atoms with Gasteiger partial charge in [0.25, 0.3) is 11.7 Å². The average molecular weight is 500 g/mol. The second-order valence-corrected chi connectivity index (χ2v) is 10.0. The standard InChI is InChI=1S/C30H29NO6/c1-30(2,3)22-16-21(14-15-23(22)37-4)26(32)24-25(19-8-6-5-7-9-19)31(28(34)27(24)33)17-18-10-12-20(13-11-18)29(35)36/h5-16,25,32H,17H2,1-4H3,(H,35,36)/b26-24-. The quantitative estimate of drug-likeness (QED) is 0.271. The highest BCUT2D eigenvalue weighted by Gasteiger charge is 2.46. The zero-order valence-electron chi connectivity index (χ0n) is 21.2. The number of carboxylic acids is 1. The number of aliphatic hydroxyl groups is 1. The summed E-state index contributed by atoms with van der Waals surface area (Å²) in [6.07, 6.45) is 0. The molecular weight excluding hydrogens is 470 g/mol. The van der Waals surface area contributed by atoms with Crippen LogP contribution in [0.25, 0.3) is 5.76 Å². The van der Waals surface area contributed by atoms with Crippen LogP contribution in [-0.4, -0.2) is 39.9 Å². The molecule has 1 fully saturated rings. The molecule has 1 aliphatic rings. The molecule has 3 aromatic rings. The summed E-state index contributed by atoms with van der Waals surface area (Å²) >= 11 is 0. The van der Waals surface area contributed by atoms with E-state index in [4.69, 9.17) is 4.74 Å². The molecule has 1 aliphatic heterocycles. The SMILES string of the molecule is COc1ccc(/C(O)=C2/C(=O)C(=O)N(Cc3ccc(C(=O)O)cc3)C2c2ccccc2)cc1C(C)(C)C. The van der Waals surface area contributed by atoms with Crippen molar-refractivity contribution in [2.45, 2.75) is 38.8 Å². The fourth-order valence-corrected chi connectivity index (χ4v) is 4.57. The Balaban J connectivity index is 1.84. The van der Waals surface area contributed by atoms with Crippen LogP contribution >= 0.6 is 0 Å². The summed E-state index contributed by atoms with van der Waals surface area (Å²) in [6, 6.07) is 19.6. The zero-order valence-corrected chi connectivity index (χ0v) is 21.2. The molecule has 2 N–H and O–H groups in total. The second-order valence-electron chi connectivity index (χ2n) is 10.0. The van der Waals surface area contributed by atoms with E-state index in [-0.39, 0.29) is 28.9 Å². The lowest BCUT2D eigenvalue weighted by Crippen LogP contribution is -2.29. The zero-order chi connectivity index (χ0) is 26.9. The summed E-state index contributed by atoms with van der Waals surface area (Å²) in [4.78, 5) is 39.2. The monoisotopic (exact) mass is 499 g/mol. The van der Waals surface area contributed by atoms with Crippen molar-refractivity contribution in [2.24, 2.45) is 0 Å². The van der Waals surface area contributed by atoms with E-state index < -0.39 is 23.7 Å². The molecule has 4 rings (SSSR count). The van der Waals surface area contributed by atoms with Crippen LogP contribution < -0.4 is 4.74 Å². The van der Waals surface area contributed by atoms with Gasteiger partial charge in [-0.05, 0) is 46.9 Å². The number of methoxy groups -OCH3 is 1. The molecule has 190 valence electrons. The van der Waals surface area contributed by atoms with Crippen LogP contribution in [0.3, 0.4) is 0 Å². The van der Waals surface area contributed by atoms with Crippen molar-refractivity contribution in [1.82, 2.24) is 4.90 Å². The number of nitrogens with zero attached hydrogens (tertiary/aromatic N) is 1. The van der Waals surface area contributed by atoms with Gasteiger partial charge in [-0.15, -0.1) is 0 Å². The van der Waals surface area contributed by atoms with Crippen molar-refractivity contribution in [3.63, 3.8) is 0 Å². The predicted molar refractivity (Wildman–Crippen MR) is 139 cm³/mol. The number of hydrogen-bond donors (Lipinski definition) is 2. The van der Waals surface area contributed by atoms with Crippen molar-refractivity contribution >= 4 is 23.4 Å². The van der Waals surface area contributed by atoms with E-state index in [1.807, 2.05) is 39.0 Å². The first-order valence-corrected chi connectivity index (χ1v) is 11.9. The Labute approximate surface area is 215 Å². The summed E-state index contributed by atoms with van der Waals surface area (Å²) in [5.41, 5.74) is 2.43. The Morgan fingerprint density at radius 1 is 0.919 bits per heavy atom. The fraction of sp³-hybridized carbons (Fsp3) is 0.233. The maximum absolute atomic E-state index is 13.3. The number of likely N-dealkylation sites (tertiary alicyclic amines) is 1. The number of amides is 1. The van der Waals surface area contributed by atoms with Gasteiger partial charge in [-0.2, -0.15) is 0 Å². The van der Waals surface area contributed by atoms with E-state index in [9.17, 15) is 24.6 Å². The van der Waals surface area contributed by atoms with E-state index in [1.165, 1.54) is 17.0 Å². The molecule has 0 aromatic heterocycles. The van der Waals surface area contributed by atoms with Crippen molar-refractivity contribution in [1.29, 1.82) is 0 Å². The average Bonchev–Trinajstić information content (AvgIpc) is 3.13. The maximum Gasteiger partial charge on any atom is 0.335 e. The lowest BCUT2D eigenvalue weighted by molar-refractivity contribution is -0.140. The van der Waals surface area contributed by atoms with Gasteiger partial charge in [0.2, 0.25) is 0 Å². The van der Waals surface area contributed by atoms with Gasteiger partial charge in [-0.3, -0.25) is 9.59 Å². The van der Waals surface area contributed by atoms with E-state index in [1.54, 1.807) is 49.6 Å². The van der Waals surface area contributed by atoms with Crippen LogP contribution in [0.15, 0.2) is 78.4 Å². The molecule has 0 radical (unpaired) electrons. The Hall–Kier alpha value is -4.39. The first-order chi connectivity index (χ1) is 17.5. The Morgan fingerprint density at radius 2 is 1.54 bits per heavy atom. The van der Waals surface area contributed by atoms with Crippen LogP contribution in [-0.2, 0) is 21.5 Å². The van der Waals surface area contributed by atoms with Gasteiger partial charge in [0.1, 0.15) is 11.5 Å². The molecule has 0 spiro atoms. The summed E-state index contributed by atoms with van der Waals surface area (Å²) in [5.74, 6) is -2.16. The molecule has 3 aromatic carbocycles. The molecule has 7 heteroatoms. The van der Waals surface area contributed by atoms with Crippen LogP contribution in [0.1, 0.15) is 59.4 Å². The van der Waals surface area contributed by atoms with Gasteiger partial charge >= 0.3 is 5.97 Å². The number of aliphatic hydroxyl groups excluding tert-OH is 1. The van der Waals surface area contributed by atoms with Gasteiger partial charge in [0.05, 0.1) is 24.3 Å². The number of carboxylic acid groups (broad SMARTS) is 1. The van der Waals surface area contributed by atoms with Gasteiger partial charge in [-0.1, -0.05) is 63.2 Å². The Morgan fingerprint density at radius 3 is 2.11 bits per heavy atom. The molecule has 0 aliphatic carbocycles. The predicted octanol–water partition coefficient (Wildman–Crippen LogP) is 5.31. The highest BCUT2D eigenvalue weighted by atomic mass is 16.5. The fourth-order valence-electron chi connectivity index (χ4n) is 4.57. The number of hydrogen-bond acceptors (Lipinski definition) is 5. The topological polar surface area (TPSA) is 104 Å². The van der Waals surface area contributed by atoms with Crippen molar-refractivity contribution in [3.05, 3.63) is 106 Å². The van der Waals surface area contributed by atoms with E-state index in [0.717, 1.165) is 5.56 Å². The molecule has 1 atom stereocenters. The number of ether oxygens (including phenoxy) is 1. The lowest BCUT2D eigenvalue weighted by atomic mass is 9.84. The highest BCUT2D eigenvalue weighted by Crippen LogP contribution is 2.41. The van der Waals surface area contributed by atoms with E-state index in [2.05, 4.69) is 0 Å². The largest absolute Gasteiger partial charge is 0.507 e. The first kappa shape index (κ1) is 25.7. The van der Waals surface area contributed by atoms with Gasteiger partial charge < -0.3 is 19.8 Å². The molecule has 0 saturated carbocycles. The van der Waals surface area contributed by atoms with E-state index >= 15 is 0 Å². The normalized spacial score (nSPS) is 17.2. The van der Waals surface area contributed by atoms with Crippen molar-refractivity contribution < 1.29 is 29.3 Å². The highest BCUT2D eigenvalue weighted by molar-refractivity contribution is 6.46. The third-order valence-electron chi connectivity index (χ3n) is 6.49. The lowest BCUT2D eigenvalue weighted by Gasteiger charge is -2.26. The minimum absolute atomic E-state index is 0.00313. The molecule has 1 saturated heterocycles. The Bertz CT molecular complexity index is 1380. The van der Waals surface area contributed by atoms with Crippen molar-refractivity contribution in [2.75, 3.05) is 7.11 Å². The number of rotatable bonds is 6. The van der Waals surface area contributed by atoms with E-state index in [0.29, 0.717) is 22.4 Å². The van der Waals surface area contributed by atoms with Gasteiger partial charge in [-0.25, -0.2) is 4.79 Å². The summed E-state index contributed by atoms with van der Waals surface area (Å²) in [6.45, 7) is 6.13. The minimum Gasteiger partial charge on any atom is -0.507 e. The van der Waals surface area contributed by atoms with Crippen LogP contribution in [0, 0.1) is 0 Å². The molecule has 1 amide bonds. The van der Waals surface area contributed by atoms with Crippen molar-refractivity contribution in [3.8, 4) is 5.75 Å². The molecule has 0 bridgehead atoms. The molecule has 37 heavy (non-hydrogen) atoms. The number of carbonyl (C=O) groups is 3. The van der Waals surface area contributed by atoms with Crippen LogP contribution in [0.2, 0.25) is 0 Å². The van der Waals surface area contributed by atoms with Crippen LogP contribution in [0.4, 0.5) is 0 Å². The number of aromatic carboxylic acids is 1. The Kier molecular flexibility index (Phi) is 6.90. The number of carbonyl (C=O) groups excluding carboxylic acids is 2. The maximum atomic E-state index is 13.3. The minimum atomic E-state index is -1.05. The molecular formula is C30H29NO6. The van der Waals surface area contributed by atoms with Gasteiger partial charge in [0, 0.05) is 17.7 Å². The number of Topliss-reactive ketones (excluding diaryl/α,β-unsaturated/α-hetero) is 1. The third-order valence-corrected chi connectivity index (χ3v) is 6.49. The summed E-state index contributed by atoms with van der Waals surface area (Å²) < 4.78 is 5.50. The summed E-state index contributed by atoms with van der Waals surface area (Å²) in [7, 11) is 1.58. The second kappa shape index (κ2) is 9.93. The smallest absolute Gasteiger partial charge is 0.335 e. The molecule has 7 nitrogen and oxygen atoms in total. The first-order valence-electron chi connectivity index (χ1n) is 11.9. The number of benzene rings is 3. The molecule has 1 heterocycles. The molecule has 1 unspecified atom stereocenters. The van der Waals surface area contributed by atoms with Crippen LogP contribution in [0.5, 0.6) is 5.75 Å². The summed E-state index contributed by atoms with van der Waals surface area (Å²) in [5, 5.41) is 20.6. The van der Waals surface area contributed by atoms with Gasteiger partial charge in [0.15, 0.2) is 0 Å². The number of ketones is 1. The third kappa shape index (κ3) is 4.98.